The Hall–Kier alpha value is -1.47. The molecular weight excluding hydrogens is 275 g/mol. The highest BCUT2D eigenvalue weighted by molar-refractivity contribution is 5.31. The van der Waals surface area contributed by atoms with Crippen LogP contribution in [-0.2, 0) is 0 Å². The third-order valence-corrected chi connectivity index (χ3v) is 2.72. The highest BCUT2D eigenvalue weighted by Gasteiger charge is 2.31. The Bertz CT molecular complexity index is 418. The lowest BCUT2D eigenvalue weighted by Crippen LogP contribution is -2.32. The molecule has 0 radical (unpaired) electrons. The van der Waals surface area contributed by atoms with E-state index < -0.39 is 12.5 Å². The van der Waals surface area contributed by atoms with Crippen LogP contribution in [0.15, 0.2) is 24.3 Å². The first-order valence-corrected chi connectivity index (χ1v) is 6.32. The molecule has 20 heavy (non-hydrogen) atoms. The molecule has 1 unspecified atom stereocenters. The van der Waals surface area contributed by atoms with Gasteiger partial charge >= 0.3 is 6.36 Å². The second kappa shape index (κ2) is 6.32. The fourth-order valence-corrected chi connectivity index (χ4v) is 1.58. The molecule has 0 amide bonds. The van der Waals surface area contributed by atoms with Gasteiger partial charge in [0.25, 0.3) is 0 Å². The Kier molecular flexibility index (Phi) is 4.72. The first kappa shape index (κ1) is 14.9. The zero-order chi connectivity index (χ0) is 14.6. The Balaban J connectivity index is 1.72. The molecule has 0 heterocycles. The summed E-state index contributed by atoms with van der Waals surface area (Å²) in [6, 6.07) is 5.56. The van der Waals surface area contributed by atoms with Gasteiger partial charge in [0.05, 0.1) is 0 Å². The monoisotopic (exact) mass is 291 g/mol. The molecule has 4 nitrogen and oxygen atoms in total. The van der Waals surface area contributed by atoms with Crippen molar-refractivity contribution < 1.29 is 27.8 Å². The molecule has 1 aliphatic rings. The van der Waals surface area contributed by atoms with Gasteiger partial charge in [-0.3, -0.25) is 0 Å². The number of hydrogen-bond acceptors (Lipinski definition) is 4. The summed E-state index contributed by atoms with van der Waals surface area (Å²) >= 11 is 0. The number of halogens is 3. The third-order valence-electron chi connectivity index (χ3n) is 2.72. The molecule has 0 bridgehead atoms. The maximum Gasteiger partial charge on any atom is 0.573 e. The summed E-state index contributed by atoms with van der Waals surface area (Å²) in [6.45, 7) is 0.527. The first-order valence-electron chi connectivity index (χ1n) is 6.32. The molecule has 2 N–H and O–H groups in total. The number of hydrogen-bond donors (Lipinski definition) is 2. The van der Waals surface area contributed by atoms with Crippen LogP contribution >= 0.6 is 0 Å². The molecule has 0 saturated heterocycles. The smallest absolute Gasteiger partial charge is 0.491 e. The highest BCUT2D eigenvalue weighted by atomic mass is 19.4. The van der Waals surface area contributed by atoms with Crippen LogP contribution in [-0.4, -0.2) is 36.8 Å². The molecule has 0 spiro atoms. The number of ether oxygens (including phenoxy) is 2. The summed E-state index contributed by atoms with van der Waals surface area (Å²) in [5.74, 6) is 0.0748. The van der Waals surface area contributed by atoms with Crippen molar-refractivity contribution in [3.63, 3.8) is 0 Å². The van der Waals surface area contributed by atoms with Crippen LogP contribution in [0.5, 0.6) is 11.5 Å². The molecule has 0 aromatic heterocycles. The van der Waals surface area contributed by atoms with Gasteiger partial charge in [-0.1, -0.05) is 0 Å². The standard InChI is InChI=1S/C13H16F3NO3/c14-13(15,16)20-12-5-3-11(4-6-12)19-8-10(18)7-17-9-1-2-9/h3-6,9-10,17-18H,1-2,7-8H2. The summed E-state index contributed by atoms with van der Waals surface area (Å²) in [6.07, 6.45) is -3.09. The summed E-state index contributed by atoms with van der Waals surface area (Å²) in [5.41, 5.74) is 0. The van der Waals surface area contributed by atoms with Gasteiger partial charge in [-0.15, -0.1) is 13.2 Å². The van der Waals surface area contributed by atoms with Crippen molar-refractivity contribution in [3.8, 4) is 11.5 Å². The van der Waals surface area contributed by atoms with Crippen molar-refractivity contribution >= 4 is 0 Å². The molecule has 2 rings (SSSR count). The SMILES string of the molecule is OC(CNC1CC1)COc1ccc(OC(F)(F)F)cc1. The second-order valence-electron chi connectivity index (χ2n) is 4.67. The minimum absolute atomic E-state index is 0.0825. The Morgan fingerprint density at radius 3 is 2.35 bits per heavy atom. The average molecular weight is 291 g/mol. The van der Waals surface area contributed by atoms with E-state index in [0.717, 1.165) is 25.0 Å². The van der Waals surface area contributed by atoms with Gasteiger partial charge < -0.3 is 19.9 Å². The van der Waals surface area contributed by atoms with Crippen molar-refractivity contribution in [2.24, 2.45) is 0 Å². The predicted octanol–water partition coefficient (Wildman–Crippen LogP) is 2.08. The van der Waals surface area contributed by atoms with Crippen molar-refractivity contribution in [3.05, 3.63) is 24.3 Å². The molecule has 7 heteroatoms. The van der Waals surface area contributed by atoms with E-state index in [1.807, 2.05) is 0 Å². The fraction of sp³-hybridized carbons (Fsp3) is 0.538. The lowest BCUT2D eigenvalue weighted by molar-refractivity contribution is -0.274. The molecule has 1 saturated carbocycles. The third kappa shape index (κ3) is 5.66. The van der Waals surface area contributed by atoms with Gasteiger partial charge in [-0.2, -0.15) is 0 Å². The van der Waals surface area contributed by atoms with Crippen molar-refractivity contribution in [2.45, 2.75) is 31.3 Å². The van der Waals surface area contributed by atoms with E-state index in [1.165, 1.54) is 12.1 Å². The highest BCUT2D eigenvalue weighted by Crippen LogP contribution is 2.24. The van der Waals surface area contributed by atoms with Crippen LogP contribution in [0.1, 0.15) is 12.8 Å². The van der Waals surface area contributed by atoms with Crippen LogP contribution < -0.4 is 14.8 Å². The van der Waals surface area contributed by atoms with E-state index in [4.69, 9.17) is 4.74 Å². The second-order valence-corrected chi connectivity index (χ2v) is 4.67. The van der Waals surface area contributed by atoms with Gasteiger partial charge in [0, 0.05) is 12.6 Å². The Labute approximate surface area is 114 Å². The van der Waals surface area contributed by atoms with Crippen LogP contribution in [0.25, 0.3) is 0 Å². The van der Waals surface area contributed by atoms with E-state index in [1.54, 1.807) is 0 Å². The number of rotatable bonds is 7. The average Bonchev–Trinajstić information content (AvgIpc) is 3.17. The van der Waals surface area contributed by atoms with Crippen molar-refractivity contribution in [2.75, 3.05) is 13.2 Å². The molecule has 1 fully saturated rings. The number of benzene rings is 1. The largest absolute Gasteiger partial charge is 0.573 e. The maximum atomic E-state index is 12.0. The van der Waals surface area contributed by atoms with Gasteiger partial charge in [0.1, 0.15) is 24.2 Å². The van der Waals surface area contributed by atoms with Crippen LogP contribution in [0.2, 0.25) is 0 Å². The molecular formula is C13H16F3NO3. The number of aliphatic hydroxyl groups is 1. The normalized spacial score (nSPS) is 16.8. The molecule has 1 aromatic carbocycles. The lowest BCUT2D eigenvalue weighted by atomic mass is 10.3. The summed E-state index contributed by atoms with van der Waals surface area (Å²) in [4.78, 5) is 0. The maximum absolute atomic E-state index is 12.0. The van der Waals surface area contributed by atoms with Gasteiger partial charge in [-0.05, 0) is 37.1 Å². The Morgan fingerprint density at radius 1 is 1.20 bits per heavy atom. The minimum Gasteiger partial charge on any atom is -0.491 e. The van der Waals surface area contributed by atoms with Crippen LogP contribution in [0.3, 0.4) is 0 Å². The topological polar surface area (TPSA) is 50.7 Å². The number of alkyl halides is 3. The summed E-state index contributed by atoms with van der Waals surface area (Å²) in [5, 5.41) is 12.8. The summed E-state index contributed by atoms with van der Waals surface area (Å²) in [7, 11) is 0. The van der Waals surface area contributed by atoms with Crippen LogP contribution in [0, 0.1) is 0 Å². The Morgan fingerprint density at radius 2 is 1.80 bits per heavy atom. The van der Waals surface area contributed by atoms with E-state index >= 15 is 0 Å². The minimum atomic E-state index is -4.70. The van der Waals surface area contributed by atoms with E-state index in [9.17, 15) is 18.3 Å². The summed E-state index contributed by atoms with van der Waals surface area (Å²) < 4.78 is 44.9. The van der Waals surface area contributed by atoms with E-state index in [-0.39, 0.29) is 12.4 Å². The quantitative estimate of drug-likeness (QED) is 0.807. The molecule has 0 aliphatic heterocycles. The van der Waals surface area contributed by atoms with Crippen LogP contribution in [0.4, 0.5) is 13.2 Å². The van der Waals surface area contributed by atoms with Gasteiger partial charge in [0.15, 0.2) is 0 Å². The molecule has 1 atom stereocenters. The lowest BCUT2D eigenvalue weighted by Gasteiger charge is -2.13. The van der Waals surface area contributed by atoms with Gasteiger partial charge in [0.2, 0.25) is 0 Å². The van der Waals surface area contributed by atoms with Gasteiger partial charge in [-0.25, -0.2) is 0 Å². The predicted molar refractivity (Wildman–Crippen MR) is 65.7 cm³/mol. The number of nitrogens with one attached hydrogen (secondary N) is 1. The first-order chi connectivity index (χ1) is 9.42. The number of aliphatic hydroxyl groups excluding tert-OH is 1. The van der Waals surface area contributed by atoms with Crippen molar-refractivity contribution in [1.29, 1.82) is 0 Å². The zero-order valence-corrected chi connectivity index (χ0v) is 10.7. The van der Waals surface area contributed by atoms with E-state index in [0.29, 0.717) is 18.3 Å². The fourth-order valence-electron chi connectivity index (χ4n) is 1.58. The van der Waals surface area contributed by atoms with E-state index in [2.05, 4.69) is 10.1 Å². The van der Waals surface area contributed by atoms with Crippen molar-refractivity contribution in [1.82, 2.24) is 5.32 Å². The molecule has 112 valence electrons. The molecule has 1 aliphatic carbocycles. The zero-order valence-electron chi connectivity index (χ0n) is 10.7. The molecule has 1 aromatic rings.